The summed E-state index contributed by atoms with van der Waals surface area (Å²) in [4.78, 5) is 13.1. The first kappa shape index (κ1) is 20.1. The van der Waals surface area contributed by atoms with Crippen molar-refractivity contribution in [1.82, 2.24) is 9.62 Å². The van der Waals surface area contributed by atoms with Crippen molar-refractivity contribution in [2.75, 3.05) is 26.5 Å². The lowest BCUT2D eigenvalue weighted by atomic mass is 9.68. The van der Waals surface area contributed by atoms with Crippen LogP contribution in [0.1, 0.15) is 50.4 Å². The van der Waals surface area contributed by atoms with Crippen LogP contribution < -0.4 is 10.6 Å². The number of hydrogen-bond donors (Lipinski definition) is 2. The van der Waals surface area contributed by atoms with Gasteiger partial charge in [-0.1, -0.05) is 20.8 Å². The molecule has 2 aliphatic carbocycles. The summed E-state index contributed by atoms with van der Waals surface area (Å²) in [5.41, 5.74) is 1.02. The zero-order valence-corrected chi connectivity index (χ0v) is 17.9. The van der Waals surface area contributed by atoms with Crippen molar-refractivity contribution in [1.29, 1.82) is 0 Å². The first-order valence-electron chi connectivity index (χ1n) is 9.48. The van der Waals surface area contributed by atoms with E-state index < -0.39 is 10.0 Å². The van der Waals surface area contributed by atoms with Crippen molar-refractivity contribution >= 4 is 21.6 Å². The minimum absolute atomic E-state index is 0.0477. The number of carbonyl (C=O) groups excluding carboxylic acids is 1. The maximum absolute atomic E-state index is 13.0. The van der Waals surface area contributed by atoms with Crippen LogP contribution in [0.4, 0.5) is 5.69 Å². The van der Waals surface area contributed by atoms with Crippen molar-refractivity contribution in [2.24, 2.45) is 16.7 Å². The summed E-state index contributed by atoms with van der Waals surface area (Å²) in [5.74, 6) is 0.420. The van der Waals surface area contributed by atoms with E-state index >= 15 is 0 Å². The number of nitrogens with one attached hydrogen (secondary N) is 2. The van der Waals surface area contributed by atoms with Gasteiger partial charge in [-0.25, -0.2) is 12.7 Å². The molecule has 0 aliphatic heterocycles. The van der Waals surface area contributed by atoms with Gasteiger partial charge in [-0.15, -0.1) is 0 Å². The molecule has 1 aromatic carbocycles. The topological polar surface area (TPSA) is 78.5 Å². The fourth-order valence-corrected chi connectivity index (χ4v) is 6.27. The number of fused-ring (bicyclic) bond motifs is 2. The maximum Gasteiger partial charge on any atom is 0.251 e. The van der Waals surface area contributed by atoms with Crippen molar-refractivity contribution in [3.63, 3.8) is 0 Å². The molecule has 1 aromatic rings. The second-order valence-electron chi connectivity index (χ2n) is 9.07. The molecule has 3 rings (SSSR count). The molecule has 1 amide bonds. The number of rotatable bonds is 5. The lowest BCUT2D eigenvalue weighted by Crippen LogP contribution is -2.52. The molecule has 0 heterocycles. The van der Waals surface area contributed by atoms with Crippen LogP contribution in [0.25, 0.3) is 0 Å². The lowest BCUT2D eigenvalue weighted by molar-refractivity contribution is 0.0737. The molecular formula is C20H31N3O3S. The van der Waals surface area contributed by atoms with Gasteiger partial charge in [-0.3, -0.25) is 4.79 Å². The van der Waals surface area contributed by atoms with E-state index in [-0.39, 0.29) is 27.7 Å². The molecule has 0 radical (unpaired) electrons. The number of amides is 1. The molecule has 2 saturated carbocycles. The molecule has 3 unspecified atom stereocenters. The first-order valence-corrected chi connectivity index (χ1v) is 10.9. The van der Waals surface area contributed by atoms with Crippen molar-refractivity contribution in [3.05, 3.63) is 23.8 Å². The second kappa shape index (κ2) is 6.48. The highest BCUT2D eigenvalue weighted by Crippen LogP contribution is 2.62. The third-order valence-electron chi connectivity index (χ3n) is 6.82. The minimum Gasteiger partial charge on any atom is -0.387 e. The standard InChI is InChI=1S/C20H31N3O3S/c1-19(2)14-9-10-20(3,12-14)18(19)22-17(24)13-7-8-15(21-4)16(11-13)27(25,26)23(5)6/h7-8,11,14,18,21H,9-10,12H2,1-6H3,(H,22,24). The zero-order valence-electron chi connectivity index (χ0n) is 17.1. The quantitative estimate of drug-likeness (QED) is 0.806. The Morgan fingerprint density at radius 2 is 1.89 bits per heavy atom. The molecule has 7 heteroatoms. The summed E-state index contributed by atoms with van der Waals surface area (Å²) in [6, 6.07) is 4.89. The largest absolute Gasteiger partial charge is 0.387 e. The van der Waals surface area contributed by atoms with Gasteiger partial charge in [0.2, 0.25) is 10.0 Å². The molecule has 0 aromatic heterocycles. The average Bonchev–Trinajstić information content (AvgIpc) is 3.08. The molecule has 27 heavy (non-hydrogen) atoms. The Labute approximate surface area is 162 Å². The van der Waals surface area contributed by atoms with Gasteiger partial charge in [0.05, 0.1) is 5.69 Å². The number of hydrogen-bond acceptors (Lipinski definition) is 4. The van der Waals surface area contributed by atoms with E-state index in [0.29, 0.717) is 17.2 Å². The van der Waals surface area contributed by atoms with E-state index in [9.17, 15) is 13.2 Å². The van der Waals surface area contributed by atoms with Crippen LogP contribution in [0, 0.1) is 16.7 Å². The Morgan fingerprint density at radius 3 is 2.41 bits per heavy atom. The SMILES string of the molecule is CNc1ccc(C(=O)NC2C3(C)CCC(C3)C2(C)C)cc1S(=O)(=O)N(C)C. The Kier molecular flexibility index (Phi) is 4.84. The highest BCUT2D eigenvalue weighted by molar-refractivity contribution is 7.89. The highest BCUT2D eigenvalue weighted by Gasteiger charge is 2.59. The van der Waals surface area contributed by atoms with Gasteiger partial charge >= 0.3 is 0 Å². The number of nitrogens with zero attached hydrogens (tertiary/aromatic N) is 1. The van der Waals surface area contributed by atoms with Gasteiger partial charge < -0.3 is 10.6 Å². The lowest BCUT2D eigenvalue weighted by Gasteiger charge is -2.43. The minimum atomic E-state index is -3.66. The molecule has 6 nitrogen and oxygen atoms in total. The number of anilines is 1. The van der Waals surface area contributed by atoms with Gasteiger partial charge in [-0.2, -0.15) is 0 Å². The van der Waals surface area contributed by atoms with Crippen molar-refractivity contribution < 1.29 is 13.2 Å². The molecule has 2 N–H and O–H groups in total. The monoisotopic (exact) mass is 393 g/mol. The summed E-state index contributed by atoms with van der Waals surface area (Å²) < 4.78 is 26.4. The van der Waals surface area contributed by atoms with Crippen LogP contribution in [0.3, 0.4) is 0 Å². The smallest absolute Gasteiger partial charge is 0.251 e. The summed E-state index contributed by atoms with van der Waals surface area (Å²) in [6.07, 6.45) is 3.49. The van der Waals surface area contributed by atoms with Gasteiger partial charge in [-0.05, 0) is 54.2 Å². The fourth-order valence-electron chi connectivity index (χ4n) is 5.16. The Balaban J connectivity index is 1.92. The molecule has 0 saturated heterocycles. The van der Waals surface area contributed by atoms with Gasteiger partial charge in [0.25, 0.3) is 5.91 Å². The third kappa shape index (κ3) is 3.14. The summed E-state index contributed by atoms with van der Waals surface area (Å²) in [5, 5.41) is 6.13. The van der Waals surface area contributed by atoms with Crippen LogP contribution in [-0.2, 0) is 10.0 Å². The molecule has 2 fully saturated rings. The van der Waals surface area contributed by atoms with Crippen molar-refractivity contribution in [2.45, 2.75) is 51.0 Å². The van der Waals surface area contributed by atoms with Crippen molar-refractivity contribution in [3.8, 4) is 0 Å². The normalized spacial score (nSPS) is 29.1. The second-order valence-corrected chi connectivity index (χ2v) is 11.2. The Morgan fingerprint density at radius 1 is 1.22 bits per heavy atom. The van der Waals surface area contributed by atoms with Crippen LogP contribution in [0.2, 0.25) is 0 Å². The van der Waals surface area contributed by atoms with E-state index in [0.717, 1.165) is 17.1 Å². The molecule has 2 aliphatic rings. The third-order valence-corrected chi connectivity index (χ3v) is 8.67. The van der Waals surface area contributed by atoms with Gasteiger partial charge in [0.15, 0.2) is 0 Å². The van der Waals surface area contributed by atoms with Crippen LogP contribution in [0.15, 0.2) is 23.1 Å². The predicted molar refractivity (Wildman–Crippen MR) is 107 cm³/mol. The zero-order chi connectivity index (χ0) is 20.2. The van der Waals surface area contributed by atoms with E-state index in [1.54, 1.807) is 19.2 Å². The summed E-state index contributed by atoms with van der Waals surface area (Å²) >= 11 is 0. The molecule has 150 valence electrons. The van der Waals surface area contributed by atoms with Crippen LogP contribution >= 0.6 is 0 Å². The van der Waals surface area contributed by atoms with Gasteiger partial charge in [0.1, 0.15) is 4.90 Å². The van der Waals surface area contributed by atoms with Crippen LogP contribution in [-0.4, -0.2) is 45.8 Å². The molecule has 2 bridgehead atoms. The average molecular weight is 394 g/mol. The first-order chi connectivity index (χ1) is 12.4. The molecule has 3 atom stereocenters. The number of benzene rings is 1. The van der Waals surface area contributed by atoms with E-state index in [2.05, 4.69) is 31.4 Å². The van der Waals surface area contributed by atoms with Gasteiger partial charge in [0, 0.05) is 32.7 Å². The molecular weight excluding hydrogens is 362 g/mol. The summed E-state index contributed by atoms with van der Waals surface area (Å²) in [7, 11) is 0.986. The number of sulfonamides is 1. The number of carbonyl (C=O) groups is 1. The fraction of sp³-hybridized carbons (Fsp3) is 0.650. The van der Waals surface area contributed by atoms with E-state index in [1.165, 1.54) is 26.6 Å². The van der Waals surface area contributed by atoms with E-state index in [1.807, 2.05) is 0 Å². The Hall–Kier alpha value is -1.60. The maximum atomic E-state index is 13.0. The Bertz CT molecular complexity index is 858. The summed E-state index contributed by atoms with van der Waals surface area (Å²) in [6.45, 7) is 6.73. The van der Waals surface area contributed by atoms with E-state index in [4.69, 9.17) is 0 Å². The predicted octanol–water partition coefficient (Wildman–Crippen LogP) is 2.92. The highest BCUT2D eigenvalue weighted by atomic mass is 32.2. The molecule has 0 spiro atoms. The van der Waals surface area contributed by atoms with Crippen LogP contribution in [0.5, 0.6) is 0 Å².